The Kier molecular flexibility index (Phi) is 9.45. The Bertz CT molecular complexity index is 1380. The average Bonchev–Trinajstić information content (AvgIpc) is 3.40. The number of amides is 1. The van der Waals surface area contributed by atoms with Crippen LogP contribution in [-0.2, 0) is 38.2 Å². The number of ether oxygens (including phenoxy) is 3. The van der Waals surface area contributed by atoms with Crippen LogP contribution in [0.15, 0.2) is 23.8 Å². The fraction of sp³-hybridized carbons (Fsp3) is 0.758. The molecule has 8 atom stereocenters. The van der Waals surface area contributed by atoms with E-state index in [1.807, 2.05) is 6.92 Å². The zero-order valence-corrected chi connectivity index (χ0v) is 27.4. The molecule has 260 valence electrons. The van der Waals surface area contributed by atoms with E-state index in [9.17, 15) is 34.4 Å². The number of carbonyl (C=O) groups is 4. The molecule has 13 nitrogen and oxygen atoms in total. The Morgan fingerprint density at radius 3 is 2.62 bits per heavy atom. The van der Waals surface area contributed by atoms with Crippen molar-refractivity contribution in [1.82, 2.24) is 5.32 Å². The molecule has 1 amide bonds. The van der Waals surface area contributed by atoms with Crippen molar-refractivity contribution in [2.24, 2.45) is 22.7 Å². The number of allylic oxidation sites excluding steroid dienone is 4. The third kappa shape index (κ3) is 5.90. The van der Waals surface area contributed by atoms with E-state index in [0.29, 0.717) is 44.1 Å². The molecule has 1 aliphatic heterocycles. The number of ketones is 2. The van der Waals surface area contributed by atoms with E-state index in [0.717, 1.165) is 0 Å². The zero-order valence-electron chi connectivity index (χ0n) is 27.4. The average molecular weight is 665 g/mol. The largest absolute Gasteiger partial charge is 0.457 e. The van der Waals surface area contributed by atoms with Gasteiger partial charge < -0.3 is 29.5 Å². The van der Waals surface area contributed by atoms with Crippen molar-refractivity contribution in [2.45, 2.75) is 115 Å². The number of carbonyl (C=O) groups excluding carboxylic acids is 4. The van der Waals surface area contributed by atoms with E-state index in [-0.39, 0.29) is 44.1 Å². The number of aliphatic hydroxyl groups is 1. The smallest absolute Gasteiger partial charge is 0.308 e. The molecule has 4 aliphatic carbocycles. The number of hydrogen-bond acceptors (Lipinski definition) is 11. The number of hydrogen-bond donors (Lipinski definition) is 2. The monoisotopic (exact) mass is 664 g/mol. The van der Waals surface area contributed by atoms with E-state index >= 15 is 4.39 Å². The Balaban J connectivity index is 1.22. The first kappa shape index (κ1) is 35.1. The van der Waals surface area contributed by atoms with E-state index in [2.05, 4.69) is 10.2 Å². The molecular formula is C33H45FN2O11. The van der Waals surface area contributed by atoms with Crippen molar-refractivity contribution >= 4 is 23.4 Å². The molecule has 3 saturated carbocycles. The highest BCUT2D eigenvalue weighted by Crippen LogP contribution is 2.72. The molecule has 1 saturated heterocycles. The van der Waals surface area contributed by atoms with Crippen LogP contribution in [-0.4, -0.2) is 82.7 Å². The van der Waals surface area contributed by atoms with Gasteiger partial charge in [0.25, 0.3) is 5.09 Å². The zero-order chi connectivity index (χ0) is 34.4. The normalized spacial score (nSPS) is 37.9. The standard InChI is InChI=1S/C33H45FN2O11/c1-29(2)46-26-17-23-22-10-9-20-16-21(37)11-13-30(20,3)32(22,34)24(38)18-31(23,4)33(26,47-29)25(39)19-44-28(41)12-14-35-27(40)8-6-5-7-15-45-36(42)43/h11,13,16,22-24,26,38H,5-10,12,14-15,17-19H2,1-4H3,(H,35,40)/t22-,23-,24-,26-,30-,31-,32-,33-/m0/s1. The maximum Gasteiger partial charge on any atom is 0.308 e. The highest BCUT2D eigenvalue weighted by atomic mass is 19.1. The Hall–Kier alpha value is -3.23. The van der Waals surface area contributed by atoms with Crippen molar-refractivity contribution < 1.29 is 52.8 Å². The van der Waals surface area contributed by atoms with Gasteiger partial charge in [0.2, 0.25) is 11.7 Å². The van der Waals surface area contributed by atoms with Crippen LogP contribution in [0, 0.1) is 32.8 Å². The predicted octanol–water partition coefficient (Wildman–Crippen LogP) is 3.24. The second-order valence-corrected chi connectivity index (χ2v) is 14.4. The molecule has 14 heteroatoms. The third-order valence-corrected chi connectivity index (χ3v) is 11.3. The first-order valence-corrected chi connectivity index (χ1v) is 16.4. The second-order valence-electron chi connectivity index (χ2n) is 14.4. The summed E-state index contributed by atoms with van der Waals surface area (Å²) in [6.07, 6.45) is 4.77. The first-order chi connectivity index (χ1) is 22.0. The third-order valence-electron chi connectivity index (χ3n) is 11.3. The van der Waals surface area contributed by atoms with Gasteiger partial charge in [0.05, 0.1) is 25.2 Å². The number of esters is 1. The number of halogens is 1. The fourth-order valence-electron chi connectivity index (χ4n) is 9.23. The Morgan fingerprint density at radius 2 is 1.89 bits per heavy atom. The molecule has 0 aromatic rings. The summed E-state index contributed by atoms with van der Waals surface area (Å²) in [6.45, 7) is 6.29. The van der Waals surface area contributed by atoms with Gasteiger partial charge in [-0.1, -0.05) is 25.0 Å². The second kappa shape index (κ2) is 12.7. The molecule has 0 spiro atoms. The van der Waals surface area contributed by atoms with Crippen LogP contribution < -0.4 is 5.32 Å². The van der Waals surface area contributed by atoms with Crippen LogP contribution in [0.25, 0.3) is 0 Å². The number of unbranched alkanes of at least 4 members (excludes halogenated alkanes) is 2. The van der Waals surface area contributed by atoms with Crippen molar-refractivity contribution in [3.63, 3.8) is 0 Å². The molecule has 0 bridgehead atoms. The van der Waals surface area contributed by atoms with Gasteiger partial charge in [0.1, 0.15) is 0 Å². The summed E-state index contributed by atoms with van der Waals surface area (Å²) >= 11 is 0. The summed E-state index contributed by atoms with van der Waals surface area (Å²) in [5.41, 5.74) is -5.26. The van der Waals surface area contributed by atoms with Gasteiger partial charge >= 0.3 is 5.97 Å². The van der Waals surface area contributed by atoms with E-state index < -0.39 is 75.4 Å². The van der Waals surface area contributed by atoms with Gasteiger partial charge in [-0.2, -0.15) is 0 Å². The highest BCUT2D eigenvalue weighted by Gasteiger charge is 2.80. The van der Waals surface area contributed by atoms with Gasteiger partial charge in [0.15, 0.2) is 29.4 Å². The van der Waals surface area contributed by atoms with Gasteiger partial charge in [-0.15, -0.1) is 10.1 Å². The lowest BCUT2D eigenvalue weighted by Gasteiger charge is -2.62. The summed E-state index contributed by atoms with van der Waals surface area (Å²) in [7, 11) is 0. The van der Waals surface area contributed by atoms with E-state index in [1.165, 1.54) is 12.2 Å². The molecule has 0 radical (unpaired) electrons. The molecule has 0 aromatic heterocycles. The van der Waals surface area contributed by atoms with Crippen molar-refractivity contribution in [2.75, 3.05) is 19.8 Å². The maximum atomic E-state index is 17.5. The number of nitrogens with zero attached hydrogens (tertiary/aromatic N) is 1. The first-order valence-electron chi connectivity index (χ1n) is 16.4. The van der Waals surface area contributed by atoms with E-state index in [4.69, 9.17) is 14.2 Å². The molecule has 47 heavy (non-hydrogen) atoms. The van der Waals surface area contributed by atoms with Gasteiger partial charge in [0, 0.05) is 29.7 Å². The molecule has 0 unspecified atom stereocenters. The molecule has 5 aliphatic rings. The minimum atomic E-state index is -2.08. The number of fused-ring (bicyclic) bond motifs is 7. The quantitative estimate of drug-likeness (QED) is 0.128. The summed E-state index contributed by atoms with van der Waals surface area (Å²) in [4.78, 5) is 65.3. The number of Topliss-reactive ketones (excluding diaryl/α,β-unsaturated/α-hetero) is 1. The maximum absolute atomic E-state index is 17.5. The molecule has 2 N–H and O–H groups in total. The predicted molar refractivity (Wildman–Crippen MR) is 162 cm³/mol. The topological polar surface area (TPSA) is 181 Å². The van der Waals surface area contributed by atoms with Gasteiger partial charge in [-0.05, 0) is 77.4 Å². The minimum absolute atomic E-state index is 0.00179. The summed E-state index contributed by atoms with van der Waals surface area (Å²) < 4.78 is 35.6. The van der Waals surface area contributed by atoms with Crippen LogP contribution in [0.4, 0.5) is 4.39 Å². The molecule has 4 fully saturated rings. The number of rotatable bonds is 13. The SMILES string of the molecule is CC1(C)O[C@H]2C[C@H]3[C@@H]4CCC5=CC(=O)C=C[C@]5(C)[C@@]4(F)[C@@H](O)C[C@]3(C)[C@@]2(C(=O)COC(=O)CCNC(=O)CCCCCO[N+](=O)[O-])O1. The van der Waals surface area contributed by atoms with Crippen LogP contribution in [0.3, 0.4) is 0 Å². The van der Waals surface area contributed by atoms with Crippen molar-refractivity contribution in [3.05, 3.63) is 33.9 Å². The lowest BCUT2D eigenvalue weighted by Crippen LogP contribution is -2.70. The number of alkyl halides is 1. The highest BCUT2D eigenvalue weighted by molar-refractivity contribution is 6.01. The van der Waals surface area contributed by atoms with Crippen LogP contribution in [0.2, 0.25) is 0 Å². The summed E-state index contributed by atoms with van der Waals surface area (Å²) in [6, 6.07) is 0. The number of aliphatic hydroxyl groups excluding tert-OH is 1. The molecular weight excluding hydrogens is 619 g/mol. The summed E-state index contributed by atoms with van der Waals surface area (Å²) in [5, 5.41) is 23.6. The summed E-state index contributed by atoms with van der Waals surface area (Å²) in [5.74, 6) is -3.93. The van der Waals surface area contributed by atoms with E-state index in [1.54, 1.807) is 26.8 Å². The lowest BCUT2D eigenvalue weighted by molar-refractivity contribution is -0.757. The van der Waals surface area contributed by atoms with Crippen LogP contribution >= 0.6 is 0 Å². The van der Waals surface area contributed by atoms with Crippen molar-refractivity contribution in [1.29, 1.82) is 0 Å². The van der Waals surface area contributed by atoms with Crippen LogP contribution in [0.1, 0.15) is 85.5 Å². The number of nitrogens with one attached hydrogen (secondary N) is 1. The minimum Gasteiger partial charge on any atom is -0.457 e. The van der Waals surface area contributed by atoms with Gasteiger partial charge in [-0.25, -0.2) is 4.39 Å². The van der Waals surface area contributed by atoms with Crippen LogP contribution in [0.5, 0.6) is 0 Å². The molecule has 1 heterocycles. The molecule has 5 rings (SSSR count). The fourth-order valence-corrected chi connectivity index (χ4v) is 9.23. The molecule has 0 aromatic carbocycles. The van der Waals surface area contributed by atoms with Crippen molar-refractivity contribution in [3.8, 4) is 0 Å². The Labute approximate surface area is 272 Å². The lowest BCUT2D eigenvalue weighted by atomic mass is 9.44. The Morgan fingerprint density at radius 1 is 1.15 bits per heavy atom. The van der Waals surface area contributed by atoms with Gasteiger partial charge in [-0.3, -0.25) is 19.2 Å².